The summed E-state index contributed by atoms with van der Waals surface area (Å²) in [6.07, 6.45) is -7.33. The number of unbranched alkanes of at least 4 members (excludes halogenated alkanes) is 6. The molecule has 2 rings (SSSR count). The monoisotopic (exact) mass is 1240 g/mol. The lowest BCUT2D eigenvalue weighted by Gasteiger charge is -2.42. The summed E-state index contributed by atoms with van der Waals surface area (Å²) in [5, 5.41) is 109. The van der Waals surface area contributed by atoms with Crippen molar-refractivity contribution in [2.45, 2.75) is 255 Å². The van der Waals surface area contributed by atoms with E-state index in [0.29, 0.717) is 70.8 Å². The van der Waals surface area contributed by atoms with Crippen molar-refractivity contribution in [3.05, 3.63) is 0 Å². The maximum Gasteiger partial charge on any atom is 0.243 e. The Hall–Kier alpha value is -4.60. The molecule has 29 heteroatoms. The zero-order valence-electron chi connectivity index (χ0n) is 51.2. The van der Waals surface area contributed by atoms with Crippen LogP contribution in [0, 0.1) is 5.41 Å². The van der Waals surface area contributed by atoms with Crippen LogP contribution in [0.2, 0.25) is 0 Å². The van der Waals surface area contributed by atoms with Gasteiger partial charge in [0.1, 0.15) is 60.9 Å². The van der Waals surface area contributed by atoms with E-state index < -0.39 is 159 Å². The number of aliphatic hydroxyl groups excluding tert-OH is 9. The number of aliphatic hydroxyl groups is 9. The van der Waals surface area contributed by atoms with E-state index in [1.165, 1.54) is 27.7 Å². The minimum Gasteiger partial charge on any atom is -0.394 e. The maximum absolute atomic E-state index is 14.2. The molecule has 498 valence electrons. The molecule has 14 unspecified atom stereocenters. The zero-order valence-corrected chi connectivity index (χ0v) is 51.2. The molecule has 7 amide bonds. The van der Waals surface area contributed by atoms with Gasteiger partial charge in [-0.2, -0.15) is 0 Å². The molecule has 0 aliphatic carbocycles. The normalized spacial score (nSPS) is 24.4. The van der Waals surface area contributed by atoms with Crippen LogP contribution < -0.4 is 37.2 Å². The van der Waals surface area contributed by atoms with Crippen molar-refractivity contribution in [1.82, 2.24) is 37.2 Å². The van der Waals surface area contributed by atoms with E-state index in [9.17, 15) is 84.3 Å². The van der Waals surface area contributed by atoms with Gasteiger partial charge in [0.15, 0.2) is 18.4 Å². The Morgan fingerprint density at radius 1 is 0.547 bits per heavy atom. The van der Waals surface area contributed by atoms with Crippen molar-refractivity contribution >= 4 is 47.1 Å². The lowest BCUT2D eigenvalue weighted by Crippen LogP contribution is -2.64. The van der Waals surface area contributed by atoms with Crippen LogP contribution in [0.1, 0.15) is 158 Å². The molecule has 16 atom stereocenters. The molecule has 2 fully saturated rings. The van der Waals surface area contributed by atoms with Crippen molar-refractivity contribution in [3.8, 4) is 0 Å². The summed E-state index contributed by atoms with van der Waals surface area (Å²) < 4.78 is 28.5. The summed E-state index contributed by atoms with van der Waals surface area (Å²) in [4.78, 5) is 102. The summed E-state index contributed by atoms with van der Waals surface area (Å²) >= 11 is 0. The van der Waals surface area contributed by atoms with E-state index in [-0.39, 0.29) is 82.3 Å². The lowest BCUT2D eigenvalue weighted by molar-refractivity contribution is -0.270. The van der Waals surface area contributed by atoms with E-state index in [4.69, 9.17) is 23.7 Å². The number of Topliss-reactive ketones (excluding diaryl/α,β-unsaturated/α-hetero) is 1. The van der Waals surface area contributed by atoms with E-state index >= 15 is 0 Å². The summed E-state index contributed by atoms with van der Waals surface area (Å²) in [6.45, 7) is 8.60. The first-order valence-electron chi connectivity index (χ1n) is 30.2. The van der Waals surface area contributed by atoms with Gasteiger partial charge in [0, 0.05) is 71.8 Å². The molecular formula is C57H103N7O22. The molecule has 0 radical (unpaired) electrons. The van der Waals surface area contributed by atoms with Gasteiger partial charge in [0.05, 0.1) is 50.7 Å². The first-order chi connectivity index (χ1) is 40.7. The van der Waals surface area contributed by atoms with Gasteiger partial charge in [-0.1, -0.05) is 33.6 Å². The highest BCUT2D eigenvalue weighted by Gasteiger charge is 2.46. The van der Waals surface area contributed by atoms with Gasteiger partial charge < -0.3 is 107 Å². The van der Waals surface area contributed by atoms with Gasteiger partial charge in [0.25, 0.3) is 0 Å². The van der Waals surface area contributed by atoms with Crippen LogP contribution in [0.15, 0.2) is 0 Å². The molecule has 0 spiro atoms. The number of amides is 7. The van der Waals surface area contributed by atoms with Crippen LogP contribution in [0.4, 0.5) is 0 Å². The summed E-state index contributed by atoms with van der Waals surface area (Å²) in [5.41, 5.74) is -0.870. The number of rotatable bonds is 43. The van der Waals surface area contributed by atoms with Gasteiger partial charge in [-0.15, -0.1) is 0 Å². The summed E-state index contributed by atoms with van der Waals surface area (Å²) in [6, 6.07) is -5.06. The molecule has 16 N–H and O–H groups in total. The van der Waals surface area contributed by atoms with Crippen LogP contribution in [0.3, 0.4) is 0 Å². The number of ketones is 1. The molecule has 0 aromatic carbocycles. The number of ether oxygens (including phenoxy) is 5. The fourth-order valence-electron chi connectivity index (χ4n) is 9.82. The Morgan fingerprint density at radius 3 is 1.59 bits per heavy atom. The molecule has 2 saturated heterocycles. The van der Waals surface area contributed by atoms with Crippen molar-refractivity contribution in [1.29, 1.82) is 0 Å². The van der Waals surface area contributed by atoms with Gasteiger partial charge in [-0.05, 0) is 84.0 Å². The fourth-order valence-corrected chi connectivity index (χ4v) is 9.82. The Bertz CT molecular complexity index is 2040. The molecule has 0 saturated carbocycles. The second-order valence-corrected chi connectivity index (χ2v) is 23.2. The van der Waals surface area contributed by atoms with Gasteiger partial charge in [-0.3, -0.25) is 38.4 Å². The third kappa shape index (κ3) is 29.1. The largest absolute Gasteiger partial charge is 0.394 e. The standard InChI is InChI=1S/C57H103N7O22/c1-33(69)41(30-66)85-55(39(29-65)60-34(2)70)82-27-18-14-24-46(75)63-38(20-12-16-26-59-45(74)23-13-17-28-83-56-48(62-36(4)72)52(79)50(77)43(32-68)86-56)54(81)64-37(53(80)57(5,6)7)19-11-15-25-58-44(73)22-10-8-9-21-40-47(61-35(3)71)51(78)49(76)42(31-67)84-40/h33,37-43,47-52,55-56,65-69,76-79H,8-32H2,1-7H3,(H,58,73)(H,59,74)(H,60,70)(H,61,71)(H,62,72)(H,63,75)(H,64,81)/t33-,37?,38?,39+,40?,41?,42?,43?,47?,48?,49?,50?,51?,52?,55?,56?/m1/s1. The average molecular weight is 1240 g/mol. The lowest BCUT2D eigenvalue weighted by atomic mass is 9.84. The molecule has 0 aromatic heterocycles. The van der Waals surface area contributed by atoms with Crippen molar-refractivity contribution < 1.29 is 108 Å². The van der Waals surface area contributed by atoms with Crippen molar-refractivity contribution in [3.63, 3.8) is 0 Å². The Morgan fingerprint density at radius 2 is 1.07 bits per heavy atom. The topological polar surface area (TPSA) is 449 Å². The van der Waals surface area contributed by atoms with E-state index in [1.807, 2.05) is 0 Å². The fraction of sp³-hybridized carbons (Fsp3) is 0.860. The minimum absolute atomic E-state index is 0.0257. The van der Waals surface area contributed by atoms with E-state index in [1.54, 1.807) is 20.8 Å². The molecule has 86 heavy (non-hydrogen) atoms. The van der Waals surface area contributed by atoms with E-state index in [0.717, 1.165) is 0 Å². The van der Waals surface area contributed by atoms with E-state index in [2.05, 4.69) is 37.2 Å². The molecule has 2 aliphatic heterocycles. The van der Waals surface area contributed by atoms with Crippen LogP contribution >= 0.6 is 0 Å². The number of nitrogens with one attached hydrogen (secondary N) is 7. The molecule has 0 bridgehead atoms. The number of hydrogen-bond acceptors (Lipinski definition) is 22. The Labute approximate surface area is 504 Å². The minimum atomic E-state index is -1.46. The predicted octanol–water partition coefficient (Wildman–Crippen LogP) is -3.02. The number of carbonyl (C=O) groups excluding carboxylic acids is 8. The van der Waals surface area contributed by atoms with Crippen LogP contribution in [-0.4, -0.2) is 244 Å². The van der Waals surface area contributed by atoms with Crippen molar-refractivity contribution in [2.75, 3.05) is 52.7 Å². The van der Waals surface area contributed by atoms with Gasteiger partial charge in [-0.25, -0.2) is 0 Å². The highest BCUT2D eigenvalue weighted by molar-refractivity contribution is 5.94. The number of carbonyl (C=O) groups is 8. The molecular weight excluding hydrogens is 1130 g/mol. The molecule has 29 nitrogen and oxygen atoms in total. The smallest absolute Gasteiger partial charge is 0.243 e. The first kappa shape index (κ1) is 77.5. The molecule has 2 aliphatic rings. The first-order valence-corrected chi connectivity index (χ1v) is 30.2. The second-order valence-electron chi connectivity index (χ2n) is 23.2. The highest BCUT2D eigenvalue weighted by Crippen LogP contribution is 2.26. The maximum atomic E-state index is 14.2. The summed E-state index contributed by atoms with van der Waals surface area (Å²) in [7, 11) is 0. The van der Waals surface area contributed by atoms with Crippen molar-refractivity contribution in [2.24, 2.45) is 5.41 Å². The average Bonchev–Trinajstić information content (AvgIpc) is 1.60. The quantitative estimate of drug-likeness (QED) is 0.0213. The van der Waals surface area contributed by atoms with Gasteiger partial charge >= 0.3 is 0 Å². The van der Waals surface area contributed by atoms with Crippen LogP contribution in [-0.2, 0) is 62.0 Å². The Kier molecular flexibility index (Phi) is 37.5. The summed E-state index contributed by atoms with van der Waals surface area (Å²) in [5.74, 6) is -3.19. The molecule has 0 aromatic rings. The number of hydrogen-bond donors (Lipinski definition) is 16. The van der Waals surface area contributed by atoms with Crippen LogP contribution in [0.25, 0.3) is 0 Å². The Balaban J connectivity index is 2.02. The predicted molar refractivity (Wildman–Crippen MR) is 308 cm³/mol. The zero-order chi connectivity index (χ0) is 64.5. The highest BCUT2D eigenvalue weighted by atomic mass is 16.7. The van der Waals surface area contributed by atoms with Gasteiger partial charge in [0.2, 0.25) is 41.4 Å². The third-order valence-electron chi connectivity index (χ3n) is 14.7. The third-order valence-corrected chi connectivity index (χ3v) is 14.7. The SMILES string of the molecule is CC(=O)NC1C(CCCCCC(=O)NCCCCC(NC(=O)C(CCCCNC(=O)CCCCOC2OC(CO)C(O)C(O)C2NC(C)=O)NC(=O)CCCCOC(OC(CO)[C@@H](C)O)[C@H](CO)NC(C)=O)C(=O)C(C)(C)C)OC(CO)C(O)C1O. The molecule has 2 heterocycles. The second kappa shape index (κ2) is 41.6. The van der Waals surface area contributed by atoms with Crippen LogP contribution in [0.5, 0.6) is 0 Å².